The molecule has 2 aromatic heterocycles. The number of aromatic amines is 1. The minimum absolute atomic E-state index is 0.0398. The van der Waals surface area contributed by atoms with Crippen LogP contribution in [0, 0.1) is 0 Å². The van der Waals surface area contributed by atoms with Crippen molar-refractivity contribution in [1.29, 1.82) is 0 Å². The Morgan fingerprint density at radius 2 is 1.52 bits per heavy atom. The maximum atomic E-state index is 13.9. The van der Waals surface area contributed by atoms with E-state index >= 15 is 0 Å². The molecule has 2 aromatic carbocycles. The molecular formula is C29H30N6O5. The third-order valence-electron chi connectivity index (χ3n) is 7.38. The third-order valence-corrected chi connectivity index (χ3v) is 7.38. The van der Waals surface area contributed by atoms with Crippen molar-refractivity contribution in [2.24, 2.45) is 0 Å². The Morgan fingerprint density at radius 3 is 2.12 bits per heavy atom. The molecule has 2 aliphatic heterocycles. The van der Waals surface area contributed by atoms with Crippen molar-refractivity contribution in [3.8, 4) is 11.5 Å². The highest BCUT2D eigenvalue weighted by atomic mass is 16.5. The van der Waals surface area contributed by atoms with Gasteiger partial charge in [0.25, 0.3) is 5.56 Å². The Morgan fingerprint density at radius 1 is 0.925 bits per heavy atom. The molecule has 0 saturated heterocycles. The molecule has 0 bridgehead atoms. The number of H-pyrrole nitrogens is 1. The Kier molecular flexibility index (Phi) is 6.21. The second kappa shape index (κ2) is 9.74. The van der Waals surface area contributed by atoms with Gasteiger partial charge in [0.1, 0.15) is 11.5 Å². The van der Waals surface area contributed by atoms with Gasteiger partial charge in [0.15, 0.2) is 0 Å². The van der Waals surface area contributed by atoms with Gasteiger partial charge in [-0.2, -0.15) is 4.98 Å². The molecule has 2 aliphatic rings. The quantitative estimate of drug-likeness (QED) is 0.321. The number of nitrogens with one attached hydrogen (secondary N) is 2. The van der Waals surface area contributed by atoms with Gasteiger partial charge in [-0.15, -0.1) is 0 Å². The van der Waals surface area contributed by atoms with E-state index < -0.39 is 16.9 Å². The molecule has 0 saturated carbocycles. The summed E-state index contributed by atoms with van der Waals surface area (Å²) in [6, 6.07) is 13.0. The first-order valence-corrected chi connectivity index (χ1v) is 13.2. The lowest BCUT2D eigenvalue weighted by molar-refractivity contribution is 0.356. The number of nitrogen functional groups attached to an aromatic ring is 1. The summed E-state index contributed by atoms with van der Waals surface area (Å²) < 4.78 is 13.8. The first-order valence-electron chi connectivity index (χ1n) is 13.2. The third kappa shape index (κ3) is 4.63. The van der Waals surface area contributed by atoms with Crippen LogP contribution in [0.2, 0.25) is 0 Å². The number of hydrogen-bond donors (Lipinski definition) is 3. The van der Waals surface area contributed by atoms with Crippen molar-refractivity contribution in [2.75, 3.05) is 24.3 Å². The molecule has 0 aliphatic carbocycles. The zero-order valence-corrected chi connectivity index (χ0v) is 22.3. The van der Waals surface area contributed by atoms with Crippen molar-refractivity contribution < 1.29 is 9.47 Å². The number of aromatic nitrogens is 4. The van der Waals surface area contributed by atoms with Gasteiger partial charge in [-0.05, 0) is 54.3 Å². The van der Waals surface area contributed by atoms with E-state index in [2.05, 4.69) is 15.3 Å². The average Bonchev–Trinajstić information content (AvgIpc) is 3.57. The minimum Gasteiger partial charge on any atom is -0.493 e. The van der Waals surface area contributed by atoms with Crippen LogP contribution in [0.3, 0.4) is 0 Å². The van der Waals surface area contributed by atoms with E-state index in [0.717, 1.165) is 51.2 Å². The largest absolute Gasteiger partial charge is 0.493 e. The zero-order chi connectivity index (χ0) is 28.0. The van der Waals surface area contributed by atoms with Gasteiger partial charge in [-0.3, -0.25) is 9.36 Å². The summed E-state index contributed by atoms with van der Waals surface area (Å²) in [4.78, 5) is 46.8. The fourth-order valence-corrected chi connectivity index (χ4v) is 5.42. The van der Waals surface area contributed by atoms with Crippen LogP contribution in [-0.4, -0.2) is 32.3 Å². The number of rotatable bonds is 7. The number of nitrogens with zero attached hydrogens (tertiary/aromatic N) is 3. The molecule has 0 spiro atoms. The number of fused-ring (bicyclic) bond motifs is 2. The molecule has 4 heterocycles. The van der Waals surface area contributed by atoms with Crippen LogP contribution in [0.1, 0.15) is 41.7 Å². The van der Waals surface area contributed by atoms with Gasteiger partial charge in [-0.1, -0.05) is 24.3 Å². The number of hydrogen-bond acceptors (Lipinski definition) is 8. The van der Waals surface area contributed by atoms with E-state index in [1.165, 1.54) is 10.8 Å². The van der Waals surface area contributed by atoms with E-state index in [1.807, 2.05) is 36.4 Å². The standard InChI is InChI=1S/C29H30N6O5/c1-29(2,24-21(30)7-10-31-25(24)36)33-26-32-27(37)35(16-18-4-6-23-20(14-18)9-12-40-23)28(38)34(26)15-17-3-5-22-19(13-17)8-11-39-22/h3-7,10,13-14H,8-9,11-12,15-16H2,1-2H3,(H3,30,31,36)(H,32,33,37). The van der Waals surface area contributed by atoms with Gasteiger partial charge in [0.05, 0.1) is 37.4 Å². The van der Waals surface area contributed by atoms with Crippen LogP contribution in [0.4, 0.5) is 11.6 Å². The summed E-state index contributed by atoms with van der Waals surface area (Å²) in [6.45, 7) is 4.93. The SMILES string of the molecule is CC(C)(Nc1nc(=O)n(Cc2ccc3c(c2)CCO3)c(=O)n1Cc1ccc2c(c1)CCO2)c1c(N)cc[nH]c1=O. The molecule has 11 nitrogen and oxygen atoms in total. The first-order chi connectivity index (χ1) is 19.2. The highest BCUT2D eigenvalue weighted by molar-refractivity contribution is 5.51. The van der Waals surface area contributed by atoms with E-state index in [4.69, 9.17) is 15.2 Å². The predicted octanol–water partition coefficient (Wildman–Crippen LogP) is 1.99. The monoisotopic (exact) mass is 542 g/mol. The average molecular weight is 543 g/mol. The predicted molar refractivity (Wildman–Crippen MR) is 150 cm³/mol. The number of nitrogens with two attached hydrogens (primary N) is 1. The fraction of sp³-hybridized carbons (Fsp3) is 0.310. The summed E-state index contributed by atoms with van der Waals surface area (Å²) in [5.74, 6) is 1.69. The number of ether oxygens (including phenoxy) is 2. The van der Waals surface area contributed by atoms with Gasteiger partial charge >= 0.3 is 11.4 Å². The molecule has 4 N–H and O–H groups in total. The van der Waals surface area contributed by atoms with Crippen molar-refractivity contribution in [3.05, 3.63) is 108 Å². The van der Waals surface area contributed by atoms with Crippen LogP contribution in [0.5, 0.6) is 11.5 Å². The number of benzene rings is 2. The van der Waals surface area contributed by atoms with Crippen LogP contribution >= 0.6 is 0 Å². The Bertz CT molecular complexity index is 1800. The molecule has 4 aromatic rings. The first kappa shape index (κ1) is 25.5. The molecule has 0 unspecified atom stereocenters. The number of pyridine rings is 1. The summed E-state index contributed by atoms with van der Waals surface area (Å²) in [7, 11) is 0. The lowest BCUT2D eigenvalue weighted by Gasteiger charge is -2.29. The minimum atomic E-state index is -1.06. The molecular weight excluding hydrogens is 512 g/mol. The molecule has 40 heavy (non-hydrogen) atoms. The van der Waals surface area contributed by atoms with E-state index in [0.29, 0.717) is 13.2 Å². The van der Waals surface area contributed by atoms with Crippen molar-refractivity contribution in [3.63, 3.8) is 0 Å². The van der Waals surface area contributed by atoms with Crippen molar-refractivity contribution >= 4 is 11.6 Å². The smallest absolute Gasteiger partial charge is 0.355 e. The molecule has 0 amide bonds. The van der Waals surface area contributed by atoms with Gasteiger partial charge in [-0.25, -0.2) is 14.2 Å². The van der Waals surface area contributed by atoms with Crippen molar-refractivity contribution in [2.45, 2.75) is 45.3 Å². The number of anilines is 2. The van der Waals surface area contributed by atoms with E-state index in [-0.39, 0.29) is 35.8 Å². The van der Waals surface area contributed by atoms with E-state index in [1.54, 1.807) is 19.9 Å². The van der Waals surface area contributed by atoms with Gasteiger partial charge < -0.3 is 25.5 Å². The maximum Gasteiger partial charge on any atom is 0.355 e. The topological polar surface area (TPSA) is 146 Å². The molecule has 11 heteroatoms. The maximum absolute atomic E-state index is 13.9. The van der Waals surface area contributed by atoms with Crippen LogP contribution < -0.4 is 37.5 Å². The molecule has 6 rings (SSSR count). The summed E-state index contributed by atoms with van der Waals surface area (Å²) >= 11 is 0. The summed E-state index contributed by atoms with van der Waals surface area (Å²) in [5, 5.41) is 3.16. The Balaban J connectivity index is 1.44. The van der Waals surface area contributed by atoms with E-state index in [9.17, 15) is 14.4 Å². The highest BCUT2D eigenvalue weighted by Crippen LogP contribution is 2.29. The zero-order valence-electron chi connectivity index (χ0n) is 22.3. The molecule has 0 atom stereocenters. The Labute approximate surface area is 229 Å². The van der Waals surface area contributed by atoms with Crippen LogP contribution in [0.15, 0.2) is 63.0 Å². The second-order valence-electron chi connectivity index (χ2n) is 10.6. The Hall–Kier alpha value is -4.80. The lowest BCUT2D eigenvalue weighted by atomic mass is 9.94. The van der Waals surface area contributed by atoms with Crippen molar-refractivity contribution in [1.82, 2.24) is 19.1 Å². The molecule has 0 fully saturated rings. The normalized spacial score (nSPS) is 13.8. The van der Waals surface area contributed by atoms with Crippen LogP contribution in [-0.2, 0) is 31.5 Å². The molecule has 206 valence electrons. The lowest BCUT2D eigenvalue weighted by Crippen LogP contribution is -2.45. The summed E-state index contributed by atoms with van der Waals surface area (Å²) in [5.41, 5.74) is 7.80. The van der Waals surface area contributed by atoms with Gasteiger partial charge in [0, 0.05) is 24.7 Å². The second-order valence-corrected chi connectivity index (χ2v) is 10.6. The fourth-order valence-electron chi connectivity index (χ4n) is 5.42. The molecule has 0 radical (unpaired) electrons. The van der Waals surface area contributed by atoms with Crippen LogP contribution in [0.25, 0.3) is 0 Å². The highest BCUT2D eigenvalue weighted by Gasteiger charge is 2.29. The summed E-state index contributed by atoms with van der Waals surface area (Å²) in [6.07, 6.45) is 3.03. The van der Waals surface area contributed by atoms with Gasteiger partial charge in [0.2, 0.25) is 5.95 Å².